The quantitative estimate of drug-likeness (QED) is 0.610. The monoisotopic (exact) mass is 441 g/mol. The lowest BCUT2D eigenvalue weighted by Crippen LogP contribution is -2.44. The van der Waals surface area contributed by atoms with E-state index in [0.717, 1.165) is 69.1 Å². The maximum Gasteiger partial charge on any atom is 0.251 e. The normalized spacial score (nSPS) is 20.7. The van der Waals surface area contributed by atoms with Crippen LogP contribution < -0.4 is 15.4 Å². The van der Waals surface area contributed by atoms with Crippen molar-refractivity contribution in [1.29, 1.82) is 0 Å². The number of carbonyl (C=O) groups excluding carboxylic acids is 1. The van der Waals surface area contributed by atoms with Crippen LogP contribution in [0.3, 0.4) is 0 Å². The average Bonchev–Trinajstić information content (AvgIpc) is 2.81. The average molecular weight is 442 g/mol. The number of nitrogens with one attached hydrogen (secondary N) is 2. The number of anilines is 1. The largest absolute Gasteiger partial charge is 0.489 e. The Balaban J connectivity index is 1.29. The molecule has 0 bridgehead atoms. The van der Waals surface area contributed by atoms with Crippen molar-refractivity contribution < 1.29 is 18.7 Å². The van der Waals surface area contributed by atoms with E-state index >= 15 is 0 Å². The van der Waals surface area contributed by atoms with Gasteiger partial charge in [0.15, 0.2) is 0 Å². The number of nitrogens with zero attached hydrogens (tertiary/aromatic N) is 1. The van der Waals surface area contributed by atoms with Crippen molar-refractivity contribution in [3.05, 3.63) is 59.4 Å². The number of fused-ring (bicyclic) bond motifs is 1. The molecule has 0 aromatic heterocycles. The zero-order valence-electron chi connectivity index (χ0n) is 18.7. The van der Waals surface area contributed by atoms with Crippen molar-refractivity contribution >= 4 is 11.6 Å². The molecule has 1 amide bonds. The van der Waals surface area contributed by atoms with Crippen molar-refractivity contribution in [2.75, 3.05) is 44.8 Å². The molecule has 2 heterocycles. The van der Waals surface area contributed by atoms with Gasteiger partial charge in [0.1, 0.15) is 18.2 Å². The fourth-order valence-corrected chi connectivity index (χ4v) is 4.19. The number of morpholine rings is 1. The number of hydrogen-bond acceptors (Lipinski definition) is 5. The smallest absolute Gasteiger partial charge is 0.251 e. The lowest BCUT2D eigenvalue weighted by atomic mass is 9.93. The first-order valence-corrected chi connectivity index (χ1v) is 11.4. The molecule has 32 heavy (non-hydrogen) atoms. The Morgan fingerprint density at radius 1 is 1.16 bits per heavy atom. The number of halogens is 1. The molecule has 1 saturated heterocycles. The molecule has 6 nitrogen and oxygen atoms in total. The molecule has 0 saturated carbocycles. The van der Waals surface area contributed by atoms with Gasteiger partial charge in [-0.25, -0.2) is 4.39 Å². The van der Waals surface area contributed by atoms with Crippen LogP contribution in [0.15, 0.2) is 42.5 Å². The molecule has 2 aliphatic heterocycles. The van der Waals surface area contributed by atoms with E-state index in [1.807, 2.05) is 12.1 Å². The highest BCUT2D eigenvalue weighted by molar-refractivity contribution is 5.95. The highest BCUT2D eigenvalue weighted by Crippen LogP contribution is 2.35. The molecule has 0 aliphatic carbocycles. The highest BCUT2D eigenvalue weighted by atomic mass is 19.1. The van der Waals surface area contributed by atoms with Crippen molar-refractivity contribution in [3.63, 3.8) is 0 Å². The molecule has 2 aromatic rings. The van der Waals surface area contributed by atoms with Crippen LogP contribution >= 0.6 is 0 Å². The maximum absolute atomic E-state index is 13.0. The summed E-state index contributed by atoms with van der Waals surface area (Å²) in [5.41, 5.74) is 2.10. The van der Waals surface area contributed by atoms with E-state index in [1.165, 1.54) is 12.1 Å². The first-order valence-electron chi connectivity index (χ1n) is 11.4. The summed E-state index contributed by atoms with van der Waals surface area (Å²) in [5.74, 6) is 0.313. The Kier molecular flexibility index (Phi) is 7.27. The zero-order valence-corrected chi connectivity index (χ0v) is 18.7. The van der Waals surface area contributed by atoms with E-state index < -0.39 is 0 Å². The summed E-state index contributed by atoms with van der Waals surface area (Å²) in [6.07, 6.45) is 3.26. The Bertz CT molecular complexity index is 915. The first kappa shape index (κ1) is 22.6. The second-order valence-electron chi connectivity index (χ2n) is 8.91. The van der Waals surface area contributed by atoms with Gasteiger partial charge in [-0.15, -0.1) is 0 Å². The fraction of sp³-hybridized carbons (Fsp3) is 0.480. The van der Waals surface area contributed by atoms with Gasteiger partial charge in [-0.2, -0.15) is 0 Å². The summed E-state index contributed by atoms with van der Waals surface area (Å²) < 4.78 is 24.5. The van der Waals surface area contributed by atoms with Crippen LogP contribution in [-0.2, 0) is 11.3 Å². The molecule has 2 aliphatic rings. The Hall–Kier alpha value is -2.64. The second kappa shape index (κ2) is 10.3. The molecule has 1 fully saturated rings. The Labute approximate surface area is 189 Å². The van der Waals surface area contributed by atoms with Crippen LogP contribution in [0.4, 0.5) is 10.1 Å². The minimum atomic E-state index is -0.287. The number of ether oxygens (including phenoxy) is 2. The minimum Gasteiger partial charge on any atom is -0.489 e. The molecule has 0 spiro atoms. The number of amides is 1. The van der Waals surface area contributed by atoms with Crippen LogP contribution in [0, 0.1) is 5.82 Å². The van der Waals surface area contributed by atoms with Gasteiger partial charge in [-0.05, 0) is 68.6 Å². The lowest BCUT2D eigenvalue weighted by molar-refractivity contribution is 0.0369. The van der Waals surface area contributed by atoms with Crippen molar-refractivity contribution in [2.45, 2.75) is 38.3 Å². The number of benzene rings is 2. The van der Waals surface area contributed by atoms with Gasteiger partial charge in [-0.3, -0.25) is 9.69 Å². The number of unbranched alkanes of at least 4 members (excludes halogenated alkanes) is 1. The third-order valence-electron chi connectivity index (χ3n) is 6.15. The van der Waals surface area contributed by atoms with E-state index in [-0.39, 0.29) is 17.3 Å². The first-order chi connectivity index (χ1) is 15.5. The van der Waals surface area contributed by atoms with Gasteiger partial charge in [0.2, 0.25) is 0 Å². The van der Waals surface area contributed by atoms with E-state index in [2.05, 4.69) is 22.5 Å². The number of rotatable bonds is 8. The van der Waals surface area contributed by atoms with E-state index in [1.54, 1.807) is 18.2 Å². The van der Waals surface area contributed by atoms with Crippen molar-refractivity contribution in [2.24, 2.45) is 0 Å². The third kappa shape index (κ3) is 5.99. The summed E-state index contributed by atoms with van der Waals surface area (Å²) in [6.45, 7) is 7.96. The predicted molar refractivity (Wildman–Crippen MR) is 123 cm³/mol. The molecule has 2 N–H and O–H groups in total. The summed E-state index contributed by atoms with van der Waals surface area (Å²) in [4.78, 5) is 15.1. The molecule has 0 radical (unpaired) electrons. The van der Waals surface area contributed by atoms with Gasteiger partial charge in [0.05, 0.1) is 24.4 Å². The molecule has 172 valence electrons. The van der Waals surface area contributed by atoms with Crippen LogP contribution in [0.1, 0.15) is 42.1 Å². The lowest BCUT2D eigenvalue weighted by Gasteiger charge is -2.37. The predicted octanol–water partition coefficient (Wildman–Crippen LogP) is 3.82. The molecule has 2 aromatic carbocycles. The fourth-order valence-electron chi connectivity index (χ4n) is 4.19. The summed E-state index contributed by atoms with van der Waals surface area (Å²) in [5, 5.41) is 6.50. The molecule has 7 heteroatoms. The van der Waals surface area contributed by atoms with Gasteiger partial charge >= 0.3 is 0 Å². The van der Waals surface area contributed by atoms with Gasteiger partial charge in [0.25, 0.3) is 5.91 Å². The van der Waals surface area contributed by atoms with Gasteiger partial charge in [-0.1, -0.05) is 12.1 Å². The van der Waals surface area contributed by atoms with Crippen molar-refractivity contribution in [3.8, 4) is 5.75 Å². The molecule has 1 atom stereocenters. The number of hydrogen-bond donors (Lipinski definition) is 2. The van der Waals surface area contributed by atoms with E-state index in [9.17, 15) is 9.18 Å². The third-order valence-corrected chi connectivity index (χ3v) is 6.15. The molecular formula is C25H32FN3O3. The number of carbonyl (C=O) groups is 1. The van der Waals surface area contributed by atoms with Gasteiger partial charge in [0, 0.05) is 25.2 Å². The minimum absolute atomic E-state index is 0.165. The highest BCUT2D eigenvalue weighted by Gasteiger charge is 2.30. The zero-order chi connectivity index (χ0) is 22.4. The van der Waals surface area contributed by atoms with Gasteiger partial charge < -0.3 is 20.1 Å². The Morgan fingerprint density at radius 3 is 2.72 bits per heavy atom. The SMILES string of the molecule is CC1(CCCCN2CCOCC2)COc2ccc(C(=O)NCc3ccc(F)cc3)cc2N1. The summed E-state index contributed by atoms with van der Waals surface area (Å²) >= 11 is 0. The second-order valence-corrected chi connectivity index (χ2v) is 8.91. The topological polar surface area (TPSA) is 62.8 Å². The van der Waals surface area contributed by atoms with Crippen LogP contribution in [0.25, 0.3) is 0 Å². The summed E-state index contributed by atoms with van der Waals surface area (Å²) in [6, 6.07) is 11.6. The standard InChI is InChI=1S/C25H32FN3O3/c1-25(10-2-3-11-29-12-14-31-15-13-29)18-32-23-9-6-20(16-22(23)28-25)24(30)27-17-19-4-7-21(26)8-5-19/h4-9,16,28H,2-3,10-15,17-18H2,1H3,(H,27,30). The summed E-state index contributed by atoms with van der Waals surface area (Å²) in [7, 11) is 0. The van der Waals surface area contributed by atoms with Crippen LogP contribution in [0.5, 0.6) is 5.75 Å². The van der Waals surface area contributed by atoms with Crippen molar-refractivity contribution in [1.82, 2.24) is 10.2 Å². The maximum atomic E-state index is 13.0. The molecule has 4 rings (SSSR count). The van der Waals surface area contributed by atoms with Crippen LogP contribution in [-0.4, -0.2) is 55.8 Å². The molecular weight excluding hydrogens is 409 g/mol. The van der Waals surface area contributed by atoms with E-state index in [4.69, 9.17) is 9.47 Å². The molecule has 1 unspecified atom stereocenters. The van der Waals surface area contributed by atoms with E-state index in [0.29, 0.717) is 18.7 Å². The van der Waals surface area contributed by atoms with Crippen LogP contribution in [0.2, 0.25) is 0 Å². The Morgan fingerprint density at radius 2 is 1.94 bits per heavy atom.